The molecule has 14 heteroatoms. The molecule has 0 aromatic heterocycles. The molecule has 12 unspecified atom stereocenters. The molecule has 0 aromatic carbocycles. The van der Waals surface area contributed by atoms with E-state index in [0.717, 1.165) is 70.6 Å². The van der Waals surface area contributed by atoms with E-state index in [-0.39, 0.29) is 18.9 Å². The van der Waals surface area contributed by atoms with Crippen molar-refractivity contribution in [3.05, 3.63) is 72.9 Å². The maximum absolute atomic E-state index is 13.0. The Hall–Kier alpha value is -2.57. The summed E-state index contributed by atoms with van der Waals surface area (Å²) in [5.41, 5.74) is 0. The average molecular weight is 824 g/mol. The minimum atomic E-state index is -1.80. The summed E-state index contributed by atoms with van der Waals surface area (Å²) in [5, 5.41) is 86.2. The number of carbonyl (C=O) groups is 1. The standard InChI is InChI=1S/C44H73NO13/c1-3-5-7-9-11-13-15-16-18-20-22-24-26-28-36(49)45-32(33(48)27-25-23-21-19-17-14-12-10-8-6-4-2)31-55-43-41(54)39(52)42(35(30-47)57-43)58-44-40(53)38(51)37(50)34(29-46)56-44/h5,7-8,10-11,13,16-19,25,27,32-35,37-44,46-48,50-54H,3-4,6,9,12,14-15,20-24,26,28-31H2,1-2H3,(H,45,49)/b7-5-,10-8+,13-11-,18-16-,19-17+,27-25+. The first-order valence-corrected chi connectivity index (χ1v) is 21.2. The molecule has 0 bridgehead atoms. The number of aliphatic hydroxyl groups is 8. The lowest BCUT2D eigenvalue weighted by atomic mass is 9.97. The number of ether oxygens (including phenoxy) is 4. The SMILES string of the molecule is CC/C=C\C/C=C\C/C=C\CCCCCC(=O)NC(COC1OC(CO)C(OC2OC(CO)C(O)C(O)C2O)C(O)C1O)C(O)/C=C/CC/C=C/CC/C=C/CCC. The predicted molar refractivity (Wildman–Crippen MR) is 221 cm³/mol. The largest absolute Gasteiger partial charge is 0.394 e. The van der Waals surface area contributed by atoms with Gasteiger partial charge in [-0.1, -0.05) is 99.6 Å². The maximum Gasteiger partial charge on any atom is 0.220 e. The molecule has 2 aliphatic rings. The van der Waals surface area contributed by atoms with Crippen LogP contribution >= 0.6 is 0 Å². The predicted octanol–water partition coefficient (Wildman–Crippen LogP) is 3.31. The van der Waals surface area contributed by atoms with E-state index < -0.39 is 86.8 Å². The Morgan fingerprint density at radius 3 is 1.84 bits per heavy atom. The van der Waals surface area contributed by atoms with Crippen LogP contribution in [0.2, 0.25) is 0 Å². The first-order valence-electron chi connectivity index (χ1n) is 21.2. The molecule has 12 atom stereocenters. The molecule has 0 aliphatic carbocycles. The monoisotopic (exact) mass is 824 g/mol. The van der Waals surface area contributed by atoms with Gasteiger partial charge in [0.25, 0.3) is 0 Å². The molecule has 2 aliphatic heterocycles. The van der Waals surface area contributed by atoms with Crippen molar-refractivity contribution < 1.29 is 64.6 Å². The smallest absolute Gasteiger partial charge is 0.220 e. The van der Waals surface area contributed by atoms with Crippen LogP contribution in [0.4, 0.5) is 0 Å². The highest BCUT2D eigenvalue weighted by molar-refractivity contribution is 5.76. The van der Waals surface area contributed by atoms with Crippen LogP contribution in [0, 0.1) is 0 Å². The molecule has 0 spiro atoms. The zero-order valence-electron chi connectivity index (χ0n) is 34.5. The quantitative estimate of drug-likeness (QED) is 0.0390. The highest BCUT2D eigenvalue weighted by Crippen LogP contribution is 2.29. The molecule has 2 heterocycles. The summed E-state index contributed by atoms with van der Waals surface area (Å²) in [5.74, 6) is -0.291. The van der Waals surface area contributed by atoms with Gasteiger partial charge in [-0.2, -0.15) is 0 Å². The van der Waals surface area contributed by atoms with Gasteiger partial charge in [0.1, 0.15) is 48.8 Å². The summed E-state index contributed by atoms with van der Waals surface area (Å²) in [7, 11) is 0. The van der Waals surface area contributed by atoms with Gasteiger partial charge in [0, 0.05) is 6.42 Å². The number of aliphatic hydroxyl groups excluding tert-OH is 8. The van der Waals surface area contributed by atoms with Crippen LogP contribution in [-0.2, 0) is 23.7 Å². The van der Waals surface area contributed by atoms with E-state index in [4.69, 9.17) is 18.9 Å². The van der Waals surface area contributed by atoms with Crippen LogP contribution in [0.1, 0.15) is 104 Å². The Balaban J connectivity index is 1.97. The van der Waals surface area contributed by atoms with Gasteiger partial charge in [-0.15, -0.1) is 0 Å². The molecule has 0 saturated carbocycles. The van der Waals surface area contributed by atoms with Crippen molar-refractivity contribution in [3.8, 4) is 0 Å². The first-order chi connectivity index (χ1) is 28.1. The molecule has 0 radical (unpaired) electrons. The van der Waals surface area contributed by atoms with Gasteiger partial charge in [-0.3, -0.25) is 4.79 Å². The number of hydrogen-bond acceptors (Lipinski definition) is 13. The van der Waals surface area contributed by atoms with Gasteiger partial charge >= 0.3 is 0 Å². The topological polar surface area (TPSA) is 228 Å². The van der Waals surface area contributed by atoms with Crippen molar-refractivity contribution in [2.24, 2.45) is 0 Å². The minimum Gasteiger partial charge on any atom is -0.394 e. The summed E-state index contributed by atoms with van der Waals surface area (Å²) in [4.78, 5) is 13.0. The Kier molecular flexibility index (Phi) is 27.9. The van der Waals surface area contributed by atoms with Crippen molar-refractivity contribution in [2.75, 3.05) is 19.8 Å². The van der Waals surface area contributed by atoms with Crippen LogP contribution in [0.15, 0.2) is 72.9 Å². The summed E-state index contributed by atoms with van der Waals surface area (Å²) >= 11 is 0. The van der Waals surface area contributed by atoms with Crippen LogP contribution in [0.5, 0.6) is 0 Å². The van der Waals surface area contributed by atoms with Gasteiger partial charge in [0.15, 0.2) is 12.6 Å². The number of rotatable bonds is 29. The summed E-state index contributed by atoms with van der Waals surface area (Å²) in [6.07, 6.45) is 19.7. The van der Waals surface area contributed by atoms with E-state index in [1.165, 1.54) is 0 Å². The van der Waals surface area contributed by atoms with Gasteiger partial charge < -0.3 is 65.1 Å². The average Bonchev–Trinajstić information content (AvgIpc) is 3.22. The van der Waals surface area contributed by atoms with Crippen LogP contribution in [0.3, 0.4) is 0 Å². The van der Waals surface area contributed by atoms with Crippen LogP contribution in [-0.4, -0.2) is 140 Å². The molecular weight excluding hydrogens is 750 g/mol. The van der Waals surface area contributed by atoms with Gasteiger partial charge in [-0.05, 0) is 70.6 Å². The second-order valence-electron chi connectivity index (χ2n) is 14.7. The minimum absolute atomic E-state index is 0.230. The van der Waals surface area contributed by atoms with Crippen LogP contribution in [0.25, 0.3) is 0 Å². The first kappa shape index (κ1) is 51.6. The van der Waals surface area contributed by atoms with E-state index in [1.54, 1.807) is 6.08 Å². The maximum atomic E-state index is 13.0. The van der Waals surface area contributed by atoms with Crippen molar-refractivity contribution in [1.82, 2.24) is 5.32 Å². The second kappa shape index (κ2) is 31.3. The lowest BCUT2D eigenvalue weighted by Gasteiger charge is -2.46. The van der Waals surface area contributed by atoms with Crippen molar-refractivity contribution in [2.45, 2.75) is 177 Å². The summed E-state index contributed by atoms with van der Waals surface area (Å²) in [6.45, 7) is 2.48. The zero-order valence-corrected chi connectivity index (χ0v) is 34.5. The zero-order chi connectivity index (χ0) is 42.5. The Morgan fingerprint density at radius 1 is 0.638 bits per heavy atom. The summed E-state index contributed by atoms with van der Waals surface area (Å²) < 4.78 is 22.5. The number of nitrogens with one attached hydrogen (secondary N) is 1. The molecule has 14 nitrogen and oxygen atoms in total. The Morgan fingerprint density at radius 2 is 1.21 bits per heavy atom. The van der Waals surface area contributed by atoms with Crippen molar-refractivity contribution >= 4 is 5.91 Å². The molecule has 2 fully saturated rings. The van der Waals surface area contributed by atoms with Crippen molar-refractivity contribution in [1.29, 1.82) is 0 Å². The number of amides is 1. The highest BCUT2D eigenvalue weighted by atomic mass is 16.7. The van der Waals surface area contributed by atoms with Gasteiger partial charge in [-0.25, -0.2) is 0 Å². The fourth-order valence-corrected chi connectivity index (χ4v) is 6.34. The lowest BCUT2D eigenvalue weighted by molar-refractivity contribution is -0.359. The molecule has 0 aromatic rings. The van der Waals surface area contributed by atoms with E-state index >= 15 is 0 Å². The highest BCUT2D eigenvalue weighted by Gasteiger charge is 2.50. The number of allylic oxidation sites excluding steroid dienone is 11. The molecule has 9 N–H and O–H groups in total. The number of unbranched alkanes of at least 4 members (excludes halogenated alkanes) is 6. The molecule has 332 valence electrons. The Labute approximate surface area is 345 Å². The molecule has 1 amide bonds. The van der Waals surface area contributed by atoms with E-state index in [9.17, 15) is 45.6 Å². The van der Waals surface area contributed by atoms with Crippen molar-refractivity contribution in [3.63, 3.8) is 0 Å². The molecule has 2 rings (SSSR count). The third kappa shape index (κ3) is 19.7. The molecular formula is C44H73NO13. The second-order valence-corrected chi connectivity index (χ2v) is 14.7. The molecule has 2 saturated heterocycles. The van der Waals surface area contributed by atoms with Gasteiger partial charge in [0.05, 0.1) is 32.0 Å². The fraction of sp³-hybridized carbons (Fsp3) is 0.705. The third-order valence-electron chi connectivity index (χ3n) is 9.84. The Bertz CT molecular complexity index is 1250. The lowest BCUT2D eigenvalue weighted by Crippen LogP contribution is -2.65. The van der Waals surface area contributed by atoms with E-state index in [1.807, 2.05) is 6.08 Å². The normalized spacial score (nSPS) is 29.6. The number of hydrogen-bond donors (Lipinski definition) is 9. The summed E-state index contributed by atoms with van der Waals surface area (Å²) in [6, 6.07) is -0.953. The van der Waals surface area contributed by atoms with Gasteiger partial charge in [0.2, 0.25) is 5.91 Å². The van der Waals surface area contributed by atoms with E-state index in [2.05, 4.69) is 79.9 Å². The van der Waals surface area contributed by atoms with E-state index in [0.29, 0.717) is 12.8 Å². The fourth-order valence-electron chi connectivity index (χ4n) is 6.34. The van der Waals surface area contributed by atoms with Crippen LogP contribution < -0.4 is 5.32 Å². The number of carbonyl (C=O) groups excluding carboxylic acids is 1. The molecule has 58 heavy (non-hydrogen) atoms. The third-order valence-corrected chi connectivity index (χ3v) is 9.84.